The highest BCUT2D eigenvalue weighted by molar-refractivity contribution is 7.89. The van der Waals surface area contributed by atoms with E-state index >= 15 is 0 Å². The van der Waals surface area contributed by atoms with Crippen LogP contribution in [0.15, 0.2) is 65.6 Å². The van der Waals surface area contributed by atoms with Crippen LogP contribution in [0.5, 0.6) is 0 Å². The lowest BCUT2D eigenvalue weighted by Crippen LogP contribution is -2.47. The number of likely N-dealkylation sites (N-methyl/N-ethyl adjacent to an activating group) is 1. The molecule has 1 aliphatic rings. The summed E-state index contributed by atoms with van der Waals surface area (Å²) in [6, 6.07) is 17.4. The van der Waals surface area contributed by atoms with Crippen LogP contribution in [0, 0.1) is 11.8 Å². The Kier molecular flexibility index (Phi) is 8.63. The molecule has 2 aromatic rings. The monoisotopic (exact) mass is 471 g/mol. The first-order valence-electron chi connectivity index (χ1n) is 11.4. The zero-order valence-corrected chi connectivity index (χ0v) is 20.1. The first-order chi connectivity index (χ1) is 15.8. The smallest absolute Gasteiger partial charge is 0.244 e. The molecule has 0 aromatic heterocycles. The second kappa shape index (κ2) is 11.4. The van der Waals surface area contributed by atoms with Crippen molar-refractivity contribution in [3.63, 3.8) is 0 Å². The van der Waals surface area contributed by atoms with Gasteiger partial charge in [0.1, 0.15) is 6.04 Å². The number of rotatable bonds is 9. The van der Waals surface area contributed by atoms with Gasteiger partial charge in [-0.15, -0.1) is 0 Å². The molecule has 1 aliphatic carbocycles. The molecule has 0 bridgehead atoms. The van der Waals surface area contributed by atoms with Crippen LogP contribution in [0.1, 0.15) is 38.2 Å². The van der Waals surface area contributed by atoms with E-state index < -0.39 is 16.1 Å². The maximum Gasteiger partial charge on any atom is 0.244 e. The van der Waals surface area contributed by atoms with E-state index in [0.717, 1.165) is 18.4 Å². The summed E-state index contributed by atoms with van der Waals surface area (Å²) in [5.41, 5.74) is 1.04. The lowest BCUT2D eigenvalue weighted by atomic mass is 9.81. The fourth-order valence-electron chi connectivity index (χ4n) is 4.20. The van der Waals surface area contributed by atoms with E-state index in [9.17, 15) is 18.0 Å². The Morgan fingerprint density at radius 1 is 0.970 bits per heavy atom. The van der Waals surface area contributed by atoms with Crippen molar-refractivity contribution in [2.24, 2.45) is 11.8 Å². The van der Waals surface area contributed by atoms with Crippen molar-refractivity contribution >= 4 is 21.8 Å². The van der Waals surface area contributed by atoms with Gasteiger partial charge in [-0.2, -0.15) is 0 Å². The number of hydrogen-bond acceptors (Lipinski definition) is 4. The Hall–Kier alpha value is -2.71. The Morgan fingerprint density at radius 3 is 2.15 bits per heavy atom. The zero-order chi connectivity index (χ0) is 23.8. The number of carbonyl (C=O) groups is 2. The summed E-state index contributed by atoms with van der Waals surface area (Å²) in [6.45, 7) is 2.57. The molecule has 1 atom stereocenters. The topological polar surface area (TPSA) is 95.6 Å². The molecule has 33 heavy (non-hydrogen) atoms. The largest absolute Gasteiger partial charge is 0.344 e. The van der Waals surface area contributed by atoms with Crippen LogP contribution in [-0.4, -0.2) is 44.8 Å². The summed E-state index contributed by atoms with van der Waals surface area (Å²) in [5.74, 6) is -0.186. The first kappa shape index (κ1) is 24.9. The molecule has 0 radical (unpaired) electrons. The van der Waals surface area contributed by atoms with Crippen molar-refractivity contribution in [2.45, 2.75) is 50.1 Å². The lowest BCUT2D eigenvalue weighted by Gasteiger charge is -2.29. The zero-order valence-electron chi connectivity index (χ0n) is 19.2. The Morgan fingerprint density at radius 2 is 1.55 bits per heavy atom. The highest BCUT2D eigenvalue weighted by atomic mass is 32.2. The maximum atomic E-state index is 12.7. The van der Waals surface area contributed by atoms with Gasteiger partial charge in [-0.25, -0.2) is 13.1 Å². The standard InChI is InChI=1S/C25H33N3O4S/c1-19(25(30)28(2)18-21-9-5-3-6-10-21)27-24(29)22-15-13-20(14-16-22)17-26-33(31,32)23-11-7-4-8-12-23/h3-12,19-20,22,26H,13-18H2,1-2H3,(H,27,29)/t19-,20?,22?/m1/s1. The molecule has 3 rings (SSSR count). The van der Waals surface area contributed by atoms with E-state index in [1.807, 2.05) is 30.3 Å². The number of benzene rings is 2. The number of amides is 2. The third-order valence-corrected chi connectivity index (χ3v) is 7.64. The molecule has 2 N–H and O–H groups in total. The van der Waals surface area contributed by atoms with Crippen LogP contribution in [0.4, 0.5) is 0 Å². The van der Waals surface area contributed by atoms with Gasteiger partial charge in [0.05, 0.1) is 4.90 Å². The second-order valence-electron chi connectivity index (χ2n) is 8.79. The Balaban J connectivity index is 1.42. The second-order valence-corrected chi connectivity index (χ2v) is 10.6. The predicted octanol–water partition coefficient (Wildman–Crippen LogP) is 2.93. The Bertz CT molecular complexity index is 1020. The molecule has 0 aliphatic heterocycles. The average molecular weight is 472 g/mol. The van der Waals surface area contributed by atoms with E-state index in [-0.39, 0.29) is 28.5 Å². The molecule has 0 spiro atoms. The molecular formula is C25H33N3O4S. The van der Waals surface area contributed by atoms with E-state index in [2.05, 4.69) is 10.0 Å². The van der Waals surface area contributed by atoms with Crippen molar-refractivity contribution in [3.05, 3.63) is 66.2 Å². The number of hydrogen-bond donors (Lipinski definition) is 2. The first-order valence-corrected chi connectivity index (χ1v) is 12.9. The third-order valence-electron chi connectivity index (χ3n) is 6.20. The molecule has 178 valence electrons. The average Bonchev–Trinajstić information content (AvgIpc) is 2.83. The quantitative estimate of drug-likeness (QED) is 0.588. The molecule has 0 unspecified atom stereocenters. The van der Waals surface area contributed by atoms with E-state index in [4.69, 9.17) is 0 Å². The van der Waals surface area contributed by atoms with Crippen molar-refractivity contribution in [1.29, 1.82) is 0 Å². The summed E-state index contributed by atoms with van der Waals surface area (Å²) in [5, 5.41) is 2.87. The number of sulfonamides is 1. The maximum absolute atomic E-state index is 12.7. The van der Waals surface area contributed by atoms with Gasteiger partial charge >= 0.3 is 0 Å². The molecular weight excluding hydrogens is 438 g/mol. The fraction of sp³-hybridized carbons (Fsp3) is 0.440. The van der Waals surface area contributed by atoms with E-state index in [0.29, 0.717) is 25.9 Å². The van der Waals surface area contributed by atoms with Crippen LogP contribution in [0.25, 0.3) is 0 Å². The number of nitrogens with zero attached hydrogens (tertiary/aromatic N) is 1. The Labute approximate surface area is 196 Å². The SMILES string of the molecule is C[C@@H](NC(=O)C1CCC(CNS(=O)(=O)c2ccccc2)CC1)C(=O)N(C)Cc1ccccc1. The van der Waals surface area contributed by atoms with Crippen molar-refractivity contribution < 1.29 is 18.0 Å². The molecule has 1 fully saturated rings. The van der Waals surface area contributed by atoms with Crippen LogP contribution in [0.3, 0.4) is 0 Å². The summed E-state index contributed by atoms with van der Waals surface area (Å²) >= 11 is 0. The van der Waals surface area contributed by atoms with Crippen LogP contribution >= 0.6 is 0 Å². The van der Waals surface area contributed by atoms with Gasteiger partial charge in [0.15, 0.2) is 0 Å². The van der Waals surface area contributed by atoms with Gasteiger partial charge in [0.25, 0.3) is 0 Å². The van der Waals surface area contributed by atoms with Gasteiger partial charge in [-0.1, -0.05) is 48.5 Å². The number of carbonyl (C=O) groups excluding carboxylic acids is 2. The van der Waals surface area contributed by atoms with Gasteiger partial charge in [-0.3, -0.25) is 9.59 Å². The lowest BCUT2D eigenvalue weighted by molar-refractivity contribution is -0.136. The van der Waals surface area contributed by atoms with Gasteiger partial charge in [-0.05, 0) is 56.2 Å². The highest BCUT2D eigenvalue weighted by Crippen LogP contribution is 2.29. The molecule has 2 amide bonds. The summed E-state index contributed by atoms with van der Waals surface area (Å²) in [4.78, 5) is 27.2. The van der Waals surface area contributed by atoms with Crippen LogP contribution < -0.4 is 10.0 Å². The molecule has 0 saturated heterocycles. The minimum atomic E-state index is -3.52. The van der Waals surface area contributed by atoms with Crippen molar-refractivity contribution in [2.75, 3.05) is 13.6 Å². The third kappa shape index (κ3) is 7.14. The van der Waals surface area contributed by atoms with Gasteiger partial charge in [0, 0.05) is 26.1 Å². The van der Waals surface area contributed by atoms with Crippen molar-refractivity contribution in [3.8, 4) is 0 Å². The van der Waals surface area contributed by atoms with Gasteiger partial charge < -0.3 is 10.2 Å². The molecule has 0 heterocycles. The normalized spacial score (nSPS) is 19.5. The highest BCUT2D eigenvalue weighted by Gasteiger charge is 2.29. The molecule has 8 heteroatoms. The van der Waals surface area contributed by atoms with E-state index in [1.165, 1.54) is 0 Å². The molecule has 2 aromatic carbocycles. The fourth-order valence-corrected chi connectivity index (χ4v) is 5.34. The summed E-state index contributed by atoms with van der Waals surface area (Å²) < 4.78 is 27.5. The molecule has 7 nitrogen and oxygen atoms in total. The van der Waals surface area contributed by atoms with Crippen molar-refractivity contribution in [1.82, 2.24) is 14.9 Å². The van der Waals surface area contributed by atoms with Gasteiger partial charge in [0.2, 0.25) is 21.8 Å². The van der Waals surface area contributed by atoms with E-state index in [1.54, 1.807) is 49.2 Å². The van der Waals surface area contributed by atoms with Crippen LogP contribution in [-0.2, 0) is 26.2 Å². The summed E-state index contributed by atoms with van der Waals surface area (Å²) in [7, 11) is -1.78. The molecule has 1 saturated carbocycles. The minimum Gasteiger partial charge on any atom is -0.344 e. The van der Waals surface area contributed by atoms with Crippen LogP contribution in [0.2, 0.25) is 0 Å². The predicted molar refractivity (Wildman–Crippen MR) is 128 cm³/mol. The number of nitrogens with one attached hydrogen (secondary N) is 2. The summed E-state index contributed by atoms with van der Waals surface area (Å²) in [6.07, 6.45) is 2.91. The minimum absolute atomic E-state index is 0.104.